The number of methoxy groups -OCH3 is 1. The minimum absolute atomic E-state index is 0.117. The summed E-state index contributed by atoms with van der Waals surface area (Å²) in [4.78, 5) is 10.5. The van der Waals surface area contributed by atoms with Crippen LogP contribution in [0.25, 0.3) is 10.9 Å². The Morgan fingerprint density at radius 2 is 1.89 bits per heavy atom. The standard InChI is InChI=1S/C24H25ClF3N7O2/c1-13-29-8-19(33(13)2)23(36,20-9-30-32-34(20)3)14-5-6-18-16(7-14)21(25)17(22(31-18)37-4)12-35-10-15(11-35)24(26,27)28/h5-9,15,36H,10-12H2,1-4H3. The molecule has 1 N–H and O–H groups in total. The number of aliphatic hydroxyl groups is 1. The minimum Gasteiger partial charge on any atom is -0.481 e. The Bertz CT molecular complexity index is 1480. The SMILES string of the molecule is COc1nc2ccc(C(O)(c3cnnn3C)c3cnc(C)n3C)cc2c(Cl)c1CN1CC(C(F)(F)F)C1. The van der Waals surface area contributed by atoms with Crippen molar-refractivity contribution in [3.63, 3.8) is 0 Å². The van der Waals surface area contributed by atoms with Gasteiger partial charge in [-0.1, -0.05) is 22.9 Å². The van der Waals surface area contributed by atoms with E-state index in [1.165, 1.54) is 18.0 Å². The average Bonchev–Trinajstić information content (AvgIpc) is 3.40. The van der Waals surface area contributed by atoms with Gasteiger partial charge in [0.05, 0.1) is 41.7 Å². The van der Waals surface area contributed by atoms with Gasteiger partial charge in [0.2, 0.25) is 5.88 Å². The molecule has 1 aromatic carbocycles. The highest BCUT2D eigenvalue weighted by atomic mass is 35.5. The highest BCUT2D eigenvalue weighted by molar-refractivity contribution is 6.36. The fourth-order valence-corrected chi connectivity index (χ4v) is 5.08. The van der Waals surface area contributed by atoms with Gasteiger partial charge in [0.1, 0.15) is 11.5 Å². The maximum Gasteiger partial charge on any atom is 0.394 e. The molecule has 0 amide bonds. The van der Waals surface area contributed by atoms with E-state index in [-0.39, 0.29) is 25.5 Å². The van der Waals surface area contributed by atoms with Gasteiger partial charge in [0.15, 0.2) is 5.60 Å². The number of aryl methyl sites for hydroxylation is 2. The van der Waals surface area contributed by atoms with E-state index >= 15 is 0 Å². The van der Waals surface area contributed by atoms with Gasteiger partial charge in [-0.3, -0.25) is 4.90 Å². The quantitative estimate of drug-likeness (QED) is 0.405. The number of nitrogens with zero attached hydrogens (tertiary/aromatic N) is 7. The van der Waals surface area contributed by atoms with Crippen LogP contribution in [0.5, 0.6) is 5.88 Å². The fraction of sp³-hybridized carbons (Fsp3) is 0.417. The Balaban J connectivity index is 1.62. The average molecular weight is 536 g/mol. The molecule has 4 heterocycles. The van der Waals surface area contributed by atoms with Crippen LogP contribution in [0, 0.1) is 12.8 Å². The third-order valence-electron chi connectivity index (χ3n) is 7.07. The van der Waals surface area contributed by atoms with E-state index in [0.717, 1.165) is 0 Å². The predicted molar refractivity (Wildman–Crippen MR) is 129 cm³/mol. The van der Waals surface area contributed by atoms with Crippen molar-refractivity contribution in [3.05, 3.63) is 64.0 Å². The van der Waals surface area contributed by atoms with Gasteiger partial charge in [-0.2, -0.15) is 13.2 Å². The lowest BCUT2D eigenvalue weighted by atomic mass is 9.86. The Morgan fingerprint density at radius 3 is 2.46 bits per heavy atom. The largest absolute Gasteiger partial charge is 0.481 e. The van der Waals surface area contributed by atoms with Gasteiger partial charge in [-0.15, -0.1) is 5.10 Å². The summed E-state index contributed by atoms with van der Waals surface area (Å²) in [5.41, 5.74) is 0.671. The number of rotatable bonds is 6. The molecule has 0 spiro atoms. The highest BCUT2D eigenvalue weighted by Gasteiger charge is 2.47. The van der Waals surface area contributed by atoms with Gasteiger partial charge >= 0.3 is 6.18 Å². The maximum absolute atomic E-state index is 13.0. The molecule has 0 saturated carbocycles. The topological polar surface area (TPSA) is 94.1 Å². The number of aromatic nitrogens is 6. The van der Waals surface area contributed by atoms with Gasteiger partial charge in [-0.25, -0.2) is 14.6 Å². The van der Waals surface area contributed by atoms with Crippen LogP contribution in [0.3, 0.4) is 0 Å². The lowest BCUT2D eigenvalue weighted by Gasteiger charge is -2.40. The summed E-state index contributed by atoms with van der Waals surface area (Å²) in [6.45, 7) is 1.74. The van der Waals surface area contributed by atoms with Crippen molar-refractivity contribution in [3.8, 4) is 5.88 Å². The summed E-state index contributed by atoms with van der Waals surface area (Å²) < 4.78 is 47.6. The second kappa shape index (κ2) is 8.96. The molecule has 4 aromatic rings. The number of ether oxygens (including phenoxy) is 1. The van der Waals surface area contributed by atoms with E-state index in [1.54, 1.807) is 48.0 Å². The second-order valence-electron chi connectivity index (χ2n) is 9.28. The first kappa shape index (κ1) is 25.4. The molecule has 1 unspecified atom stereocenters. The number of pyridine rings is 1. The summed E-state index contributed by atoms with van der Waals surface area (Å²) in [7, 11) is 4.92. The normalized spacial score (nSPS) is 16.7. The molecule has 1 aliphatic heterocycles. The minimum atomic E-state index is -4.23. The van der Waals surface area contributed by atoms with Crippen molar-refractivity contribution < 1.29 is 23.0 Å². The van der Waals surface area contributed by atoms with Gasteiger partial charge < -0.3 is 14.4 Å². The molecule has 1 fully saturated rings. The molecule has 13 heteroatoms. The zero-order valence-electron chi connectivity index (χ0n) is 20.6. The number of likely N-dealkylation sites (tertiary alicyclic amines) is 1. The molecule has 1 saturated heterocycles. The van der Waals surface area contributed by atoms with Gasteiger partial charge in [0, 0.05) is 44.7 Å². The fourth-order valence-electron chi connectivity index (χ4n) is 4.79. The van der Waals surface area contributed by atoms with Crippen LogP contribution in [-0.4, -0.2) is 65.9 Å². The Kier molecular flexibility index (Phi) is 6.16. The Morgan fingerprint density at radius 1 is 1.16 bits per heavy atom. The summed E-state index contributed by atoms with van der Waals surface area (Å²) in [5, 5.41) is 21.0. The van der Waals surface area contributed by atoms with Gasteiger partial charge in [0.25, 0.3) is 0 Å². The molecule has 0 aliphatic carbocycles. The molecular formula is C24H25ClF3N7O2. The second-order valence-corrected chi connectivity index (χ2v) is 9.66. The predicted octanol–water partition coefficient (Wildman–Crippen LogP) is 3.35. The Labute approximate surface area is 215 Å². The third kappa shape index (κ3) is 4.12. The molecule has 9 nitrogen and oxygen atoms in total. The van der Waals surface area contributed by atoms with Crippen LogP contribution in [0.4, 0.5) is 13.2 Å². The molecule has 0 bridgehead atoms. The molecule has 196 valence electrons. The number of alkyl halides is 3. The first-order chi connectivity index (χ1) is 17.4. The summed E-state index contributed by atoms with van der Waals surface area (Å²) in [5.74, 6) is -0.418. The van der Waals surface area contributed by atoms with Crippen LogP contribution < -0.4 is 4.74 Å². The van der Waals surface area contributed by atoms with E-state index in [9.17, 15) is 18.3 Å². The van der Waals surface area contributed by atoms with Crippen molar-refractivity contribution in [2.75, 3.05) is 20.2 Å². The number of imidazole rings is 1. The summed E-state index contributed by atoms with van der Waals surface area (Å²) in [6.07, 6.45) is -1.16. The first-order valence-corrected chi connectivity index (χ1v) is 11.8. The van der Waals surface area contributed by atoms with E-state index < -0.39 is 17.7 Å². The molecule has 1 aliphatic rings. The van der Waals surface area contributed by atoms with E-state index in [0.29, 0.717) is 44.3 Å². The summed E-state index contributed by atoms with van der Waals surface area (Å²) in [6, 6.07) is 5.16. The van der Waals surface area contributed by atoms with E-state index in [1.807, 2.05) is 6.92 Å². The lowest BCUT2D eigenvalue weighted by molar-refractivity contribution is -0.210. The number of fused-ring (bicyclic) bond motifs is 1. The zero-order chi connectivity index (χ0) is 26.7. The van der Waals surface area contributed by atoms with Crippen molar-refractivity contribution in [2.24, 2.45) is 20.0 Å². The number of hydrogen-bond acceptors (Lipinski definition) is 7. The molecule has 3 aromatic heterocycles. The maximum atomic E-state index is 13.0. The van der Waals surface area contributed by atoms with E-state index in [4.69, 9.17) is 16.3 Å². The van der Waals surface area contributed by atoms with Crippen molar-refractivity contribution in [2.45, 2.75) is 25.2 Å². The molecule has 1 atom stereocenters. The van der Waals surface area contributed by atoms with Crippen LogP contribution in [0.15, 0.2) is 30.6 Å². The van der Waals surface area contributed by atoms with Gasteiger partial charge in [-0.05, 0) is 24.6 Å². The lowest BCUT2D eigenvalue weighted by Crippen LogP contribution is -2.52. The Hall–Kier alpha value is -3.22. The molecule has 5 rings (SSSR count). The molecule has 0 radical (unpaired) electrons. The monoisotopic (exact) mass is 535 g/mol. The van der Waals surface area contributed by atoms with Crippen molar-refractivity contribution in [1.82, 2.24) is 34.4 Å². The molecule has 37 heavy (non-hydrogen) atoms. The number of halogens is 4. The van der Waals surface area contributed by atoms with Crippen LogP contribution in [0.1, 0.15) is 28.3 Å². The molecular weight excluding hydrogens is 511 g/mol. The smallest absolute Gasteiger partial charge is 0.394 e. The zero-order valence-corrected chi connectivity index (χ0v) is 21.3. The third-order valence-corrected chi connectivity index (χ3v) is 7.50. The first-order valence-electron chi connectivity index (χ1n) is 11.5. The van der Waals surface area contributed by atoms with Crippen molar-refractivity contribution in [1.29, 1.82) is 0 Å². The number of hydrogen-bond donors (Lipinski definition) is 1. The van der Waals surface area contributed by atoms with Crippen molar-refractivity contribution >= 4 is 22.5 Å². The van der Waals surface area contributed by atoms with Crippen LogP contribution in [-0.2, 0) is 26.2 Å². The van der Waals surface area contributed by atoms with E-state index in [2.05, 4.69) is 20.3 Å². The highest BCUT2D eigenvalue weighted by Crippen LogP contribution is 2.41. The van der Waals surface area contributed by atoms with Crippen LogP contribution in [0.2, 0.25) is 5.02 Å². The summed E-state index contributed by atoms with van der Waals surface area (Å²) >= 11 is 6.84. The number of benzene rings is 1. The van der Waals surface area contributed by atoms with Crippen LogP contribution >= 0.6 is 11.6 Å².